The number of carbonyl (C=O) groups is 1. The Balaban J connectivity index is 2.38. The van der Waals surface area contributed by atoms with Gasteiger partial charge in [0, 0.05) is 23.4 Å². The van der Waals surface area contributed by atoms with Gasteiger partial charge in [-0.15, -0.1) is 4.68 Å². The number of carbonyl (C=O) groups excluding carboxylic acids is 1. The van der Waals surface area contributed by atoms with Crippen molar-refractivity contribution in [1.82, 2.24) is 0 Å². The van der Waals surface area contributed by atoms with Crippen molar-refractivity contribution in [2.45, 2.75) is 72.4 Å². The molecule has 102 valence electrons. The molecule has 0 spiro atoms. The number of Topliss-reactive ketones (excluding diaryl/α,β-unsaturated/α-hetero) is 1. The van der Waals surface area contributed by atoms with Gasteiger partial charge in [-0.2, -0.15) is 0 Å². The summed E-state index contributed by atoms with van der Waals surface area (Å²) in [4.78, 5) is 11.8. The molecule has 18 heavy (non-hydrogen) atoms. The van der Waals surface area contributed by atoms with Crippen LogP contribution < -0.4 is 0 Å². The molecule has 0 saturated heterocycles. The molecule has 1 rings (SSSR count). The average molecular weight is 252 g/mol. The summed E-state index contributed by atoms with van der Waals surface area (Å²) in [6.07, 6.45) is 4.48. The molecule has 1 atom stereocenters. The smallest absolute Gasteiger partial charge is 0.222 e. The third-order valence-electron chi connectivity index (χ3n) is 3.04. The topological polar surface area (TPSA) is 44.8 Å². The van der Waals surface area contributed by atoms with E-state index in [0.29, 0.717) is 12.2 Å². The largest absolute Gasteiger partial charge is 0.299 e. The van der Waals surface area contributed by atoms with Crippen molar-refractivity contribution >= 4 is 12.0 Å². The van der Waals surface area contributed by atoms with Crippen LogP contribution in [0.3, 0.4) is 0 Å². The van der Waals surface area contributed by atoms with E-state index < -0.39 is 0 Å². The second-order valence-electron chi connectivity index (χ2n) is 7.00. The van der Waals surface area contributed by atoms with Gasteiger partial charge in [0.05, 0.1) is 0 Å². The van der Waals surface area contributed by atoms with Crippen LogP contribution in [-0.4, -0.2) is 28.3 Å². The summed E-state index contributed by atoms with van der Waals surface area (Å²) in [5.74, 6) is 0.324. The fourth-order valence-corrected chi connectivity index (χ4v) is 1.68. The second-order valence-corrected chi connectivity index (χ2v) is 7.00. The number of hydrogen-bond donors (Lipinski definition) is 0. The van der Waals surface area contributed by atoms with Crippen molar-refractivity contribution in [3.63, 3.8) is 0 Å². The van der Waals surface area contributed by atoms with Crippen LogP contribution in [-0.2, 0) is 4.79 Å². The summed E-state index contributed by atoms with van der Waals surface area (Å²) in [6, 6.07) is 0.136. The Hall–Kier alpha value is -1.06. The Morgan fingerprint density at radius 2 is 1.83 bits per heavy atom. The number of hydrogen-bond acceptors (Lipinski definition) is 3. The fourth-order valence-electron chi connectivity index (χ4n) is 1.68. The minimum Gasteiger partial charge on any atom is -0.299 e. The molecule has 0 saturated carbocycles. The monoisotopic (exact) mass is 252 g/mol. The van der Waals surface area contributed by atoms with Gasteiger partial charge in [-0.3, -0.25) is 4.79 Å². The molecule has 0 aromatic rings. The summed E-state index contributed by atoms with van der Waals surface area (Å²) >= 11 is 0. The van der Waals surface area contributed by atoms with Crippen molar-refractivity contribution in [2.24, 2.45) is 15.8 Å². The van der Waals surface area contributed by atoms with E-state index in [4.69, 9.17) is 0 Å². The highest BCUT2D eigenvalue weighted by Gasteiger charge is 2.30. The Morgan fingerprint density at radius 1 is 1.22 bits per heavy atom. The maximum atomic E-state index is 11.8. The van der Waals surface area contributed by atoms with Crippen LogP contribution in [0.4, 0.5) is 0 Å². The van der Waals surface area contributed by atoms with Crippen LogP contribution in [0.5, 0.6) is 0 Å². The maximum Gasteiger partial charge on any atom is 0.222 e. The molecule has 1 unspecified atom stereocenters. The molecule has 4 nitrogen and oxygen atoms in total. The predicted octanol–water partition coefficient (Wildman–Crippen LogP) is 3.40. The lowest BCUT2D eigenvalue weighted by Crippen LogP contribution is -2.29. The molecule has 1 aliphatic heterocycles. The van der Waals surface area contributed by atoms with Gasteiger partial charge in [-0.25, -0.2) is 0 Å². The predicted molar refractivity (Wildman–Crippen MR) is 73.0 cm³/mol. The normalized spacial score (nSPS) is 20.1. The first-order valence-corrected chi connectivity index (χ1v) is 6.69. The van der Waals surface area contributed by atoms with Crippen LogP contribution in [0.2, 0.25) is 0 Å². The summed E-state index contributed by atoms with van der Waals surface area (Å²) in [7, 11) is 0. The summed E-state index contributed by atoms with van der Waals surface area (Å²) in [5.41, 5.74) is -0.238. The van der Waals surface area contributed by atoms with Crippen LogP contribution in [0.1, 0.15) is 60.8 Å². The first kappa shape index (κ1) is 15.0. The van der Waals surface area contributed by atoms with Crippen molar-refractivity contribution in [3.05, 3.63) is 0 Å². The Labute approximate surface area is 110 Å². The highest BCUT2D eigenvalue weighted by Crippen LogP contribution is 2.20. The van der Waals surface area contributed by atoms with Gasteiger partial charge in [0.1, 0.15) is 22.8 Å². The number of ketones is 1. The first-order chi connectivity index (χ1) is 8.10. The van der Waals surface area contributed by atoms with Crippen molar-refractivity contribution in [2.75, 3.05) is 0 Å². The van der Waals surface area contributed by atoms with Gasteiger partial charge >= 0.3 is 0 Å². The zero-order valence-electron chi connectivity index (χ0n) is 12.5. The van der Waals surface area contributed by atoms with Crippen molar-refractivity contribution < 1.29 is 9.48 Å². The van der Waals surface area contributed by atoms with E-state index in [1.165, 1.54) is 0 Å². The van der Waals surface area contributed by atoms with Crippen LogP contribution in [0, 0.1) is 5.41 Å². The zero-order chi connectivity index (χ0) is 14.0. The summed E-state index contributed by atoms with van der Waals surface area (Å²) < 4.78 is 1.91. The zero-order valence-corrected chi connectivity index (χ0v) is 12.5. The number of rotatable bonds is 4. The summed E-state index contributed by atoms with van der Waals surface area (Å²) in [5, 5.41) is 8.38. The van der Waals surface area contributed by atoms with E-state index in [0.717, 1.165) is 12.8 Å². The second kappa shape index (κ2) is 5.29. The molecule has 0 aromatic heterocycles. The SMILES string of the molecule is CC(C)(C)C(=O)CCCC1C=[N+](C(C)(C)C)N=N1. The van der Waals surface area contributed by atoms with Crippen LogP contribution in [0.15, 0.2) is 10.3 Å². The van der Waals surface area contributed by atoms with E-state index in [1.54, 1.807) is 0 Å². The van der Waals surface area contributed by atoms with E-state index >= 15 is 0 Å². The molecule has 0 bridgehead atoms. The molecule has 0 amide bonds. The number of nitrogens with zero attached hydrogens (tertiary/aromatic N) is 3. The molecule has 0 fully saturated rings. The van der Waals surface area contributed by atoms with Gasteiger partial charge < -0.3 is 0 Å². The fraction of sp³-hybridized carbons (Fsp3) is 0.857. The molecule has 0 N–H and O–H groups in total. The minimum atomic E-state index is -0.224. The highest BCUT2D eigenvalue weighted by molar-refractivity contribution is 5.83. The maximum absolute atomic E-state index is 11.8. The van der Waals surface area contributed by atoms with Crippen LogP contribution >= 0.6 is 0 Å². The van der Waals surface area contributed by atoms with Crippen LogP contribution in [0.25, 0.3) is 0 Å². The van der Waals surface area contributed by atoms with Gasteiger partial charge in [0.2, 0.25) is 6.04 Å². The van der Waals surface area contributed by atoms with Crippen molar-refractivity contribution in [3.8, 4) is 0 Å². The van der Waals surface area contributed by atoms with E-state index in [-0.39, 0.29) is 17.0 Å². The lowest BCUT2D eigenvalue weighted by Gasteiger charge is -2.15. The van der Waals surface area contributed by atoms with E-state index in [9.17, 15) is 4.79 Å². The lowest BCUT2D eigenvalue weighted by atomic mass is 9.87. The molecular weight excluding hydrogens is 226 g/mol. The van der Waals surface area contributed by atoms with Crippen molar-refractivity contribution in [1.29, 1.82) is 0 Å². The van der Waals surface area contributed by atoms with Gasteiger partial charge in [-0.05, 0) is 27.2 Å². The van der Waals surface area contributed by atoms with E-state index in [1.807, 2.05) is 25.5 Å². The quantitative estimate of drug-likeness (QED) is 0.707. The summed E-state index contributed by atoms with van der Waals surface area (Å²) in [6.45, 7) is 12.2. The Morgan fingerprint density at radius 3 is 2.28 bits per heavy atom. The molecule has 1 aliphatic rings. The third-order valence-corrected chi connectivity index (χ3v) is 3.04. The average Bonchev–Trinajstić information content (AvgIpc) is 2.64. The van der Waals surface area contributed by atoms with Gasteiger partial charge in [0.15, 0.2) is 0 Å². The highest BCUT2D eigenvalue weighted by atomic mass is 16.1. The third kappa shape index (κ3) is 4.31. The van der Waals surface area contributed by atoms with Gasteiger partial charge in [-0.1, -0.05) is 20.8 Å². The lowest BCUT2D eigenvalue weighted by molar-refractivity contribution is -0.600. The molecule has 1 heterocycles. The molecule has 4 heteroatoms. The Kier molecular flexibility index (Phi) is 4.41. The first-order valence-electron chi connectivity index (χ1n) is 6.69. The minimum absolute atomic E-state index is 0.0144. The molecular formula is C14H26N3O+. The Bertz CT molecular complexity index is 369. The molecule has 0 radical (unpaired) electrons. The molecule has 0 aliphatic carbocycles. The molecule has 0 aromatic carbocycles. The van der Waals surface area contributed by atoms with Gasteiger partial charge in [0.25, 0.3) is 0 Å². The standard InChI is InChI=1S/C14H26N3O/c1-13(2,3)12(18)9-7-8-11-10-17(16-15-11)14(4,5)6/h10-11H,7-9H2,1-6H3/q+1. The van der Waals surface area contributed by atoms with E-state index in [2.05, 4.69) is 37.3 Å².